The number of anilines is 2. The van der Waals surface area contributed by atoms with Gasteiger partial charge in [-0.05, 0) is 11.2 Å². The van der Waals surface area contributed by atoms with Crippen molar-refractivity contribution in [3.8, 4) is 0 Å². The zero-order chi connectivity index (χ0) is 13.8. The van der Waals surface area contributed by atoms with E-state index in [2.05, 4.69) is 15.5 Å². The maximum atomic E-state index is 10.8. The van der Waals surface area contributed by atoms with Crippen LogP contribution in [0.3, 0.4) is 0 Å². The summed E-state index contributed by atoms with van der Waals surface area (Å²) in [4.78, 5) is 16.2. The molecule has 0 aliphatic rings. The molecule has 0 saturated carbocycles. The van der Waals surface area contributed by atoms with Crippen LogP contribution in [0.15, 0.2) is 28.8 Å². The quantitative estimate of drug-likeness (QED) is 0.647. The van der Waals surface area contributed by atoms with Gasteiger partial charge in [0.1, 0.15) is 5.69 Å². The van der Waals surface area contributed by atoms with E-state index in [4.69, 9.17) is 4.52 Å². The minimum Gasteiger partial charge on any atom is -0.371 e. The van der Waals surface area contributed by atoms with Crippen LogP contribution in [0.25, 0.3) is 0 Å². The Bertz CT molecular complexity index is 581. The monoisotopic (exact) mass is 263 g/mol. The topological polar surface area (TPSA) is 97.3 Å². The van der Waals surface area contributed by atoms with Crippen molar-refractivity contribution in [3.63, 3.8) is 0 Å². The van der Waals surface area contributed by atoms with E-state index < -0.39 is 4.92 Å². The lowest BCUT2D eigenvalue weighted by Gasteiger charge is -2.04. The number of nitro groups is 1. The summed E-state index contributed by atoms with van der Waals surface area (Å²) in [5.74, 6) is 0.821. The first-order chi connectivity index (χ1) is 9.08. The fourth-order valence-electron chi connectivity index (χ4n) is 1.45. The molecule has 0 atom stereocenters. The summed E-state index contributed by atoms with van der Waals surface area (Å²) in [6.07, 6.45) is 0. The summed E-state index contributed by atoms with van der Waals surface area (Å²) < 4.78 is 5.01. The second kappa shape index (κ2) is 5.34. The highest BCUT2D eigenvalue weighted by Gasteiger charge is 2.13. The van der Waals surface area contributed by atoms with E-state index in [1.807, 2.05) is 0 Å². The predicted molar refractivity (Wildman–Crippen MR) is 69.0 cm³/mol. The number of rotatable bonds is 5. The number of nitro benzene ring substituents is 1. The van der Waals surface area contributed by atoms with Gasteiger partial charge < -0.3 is 14.7 Å². The number of hydrogen-bond acceptors (Lipinski definition) is 7. The zero-order valence-corrected chi connectivity index (χ0v) is 10.5. The van der Waals surface area contributed by atoms with E-state index in [-0.39, 0.29) is 12.2 Å². The van der Waals surface area contributed by atoms with Crippen LogP contribution in [0.2, 0.25) is 0 Å². The first kappa shape index (κ1) is 12.8. The molecule has 0 aliphatic heterocycles. The Morgan fingerprint density at radius 1 is 1.42 bits per heavy atom. The maximum absolute atomic E-state index is 10.8. The lowest BCUT2D eigenvalue weighted by atomic mass is 10.2. The van der Waals surface area contributed by atoms with Crippen molar-refractivity contribution in [1.82, 2.24) is 10.1 Å². The van der Waals surface area contributed by atoms with Crippen LogP contribution in [0.4, 0.5) is 17.3 Å². The second-order valence-electron chi connectivity index (χ2n) is 4.01. The molecule has 8 nitrogen and oxygen atoms in total. The molecule has 2 aromatic rings. The largest absolute Gasteiger partial charge is 0.371 e. The number of para-hydroxylation sites is 2. The molecule has 19 heavy (non-hydrogen) atoms. The van der Waals surface area contributed by atoms with Crippen LogP contribution < -0.4 is 10.2 Å². The van der Waals surface area contributed by atoms with Crippen LogP contribution in [-0.4, -0.2) is 29.2 Å². The summed E-state index contributed by atoms with van der Waals surface area (Å²) in [6.45, 7) is 0.228. The molecule has 0 unspecified atom stereocenters. The highest BCUT2D eigenvalue weighted by Crippen LogP contribution is 2.23. The van der Waals surface area contributed by atoms with Crippen molar-refractivity contribution < 1.29 is 9.45 Å². The van der Waals surface area contributed by atoms with Gasteiger partial charge in [0.15, 0.2) is 0 Å². The molecule has 2 rings (SSSR count). The second-order valence-corrected chi connectivity index (χ2v) is 4.01. The Morgan fingerprint density at radius 3 is 2.79 bits per heavy atom. The predicted octanol–water partition coefficient (Wildman–Crippen LogP) is 1.66. The SMILES string of the molecule is CN(C)c1noc(CNc2ccccc2[N+](=O)[O-])n1. The van der Waals surface area contributed by atoms with Crippen molar-refractivity contribution in [2.24, 2.45) is 0 Å². The van der Waals surface area contributed by atoms with E-state index >= 15 is 0 Å². The molecule has 0 fully saturated rings. The molecule has 1 N–H and O–H groups in total. The van der Waals surface area contributed by atoms with Crippen molar-refractivity contribution in [2.45, 2.75) is 6.54 Å². The van der Waals surface area contributed by atoms with Gasteiger partial charge in [0.25, 0.3) is 11.6 Å². The lowest BCUT2D eigenvalue weighted by Crippen LogP contribution is -2.10. The molecule has 0 saturated heterocycles. The minimum absolute atomic E-state index is 0.00912. The van der Waals surface area contributed by atoms with Gasteiger partial charge in [0.05, 0.1) is 11.5 Å². The maximum Gasteiger partial charge on any atom is 0.292 e. The number of hydrogen-bond donors (Lipinski definition) is 1. The Hall–Kier alpha value is -2.64. The molecule has 0 bridgehead atoms. The molecule has 0 spiro atoms. The van der Waals surface area contributed by atoms with Gasteiger partial charge in [-0.3, -0.25) is 10.1 Å². The molecule has 0 aliphatic carbocycles. The minimum atomic E-state index is -0.443. The third-order valence-electron chi connectivity index (χ3n) is 2.39. The average molecular weight is 263 g/mol. The van der Waals surface area contributed by atoms with E-state index in [1.54, 1.807) is 37.2 Å². The number of nitrogens with zero attached hydrogens (tertiary/aromatic N) is 4. The van der Waals surface area contributed by atoms with Crippen LogP contribution in [0.5, 0.6) is 0 Å². The van der Waals surface area contributed by atoms with Gasteiger partial charge in [0, 0.05) is 20.2 Å². The van der Waals surface area contributed by atoms with E-state index in [0.717, 1.165) is 0 Å². The van der Waals surface area contributed by atoms with Crippen molar-refractivity contribution in [1.29, 1.82) is 0 Å². The number of benzene rings is 1. The van der Waals surface area contributed by atoms with Crippen LogP contribution >= 0.6 is 0 Å². The van der Waals surface area contributed by atoms with Crippen LogP contribution in [-0.2, 0) is 6.54 Å². The Balaban J connectivity index is 2.08. The summed E-state index contributed by atoms with van der Waals surface area (Å²) in [6, 6.07) is 6.39. The molecule has 0 amide bonds. The summed E-state index contributed by atoms with van der Waals surface area (Å²) in [5.41, 5.74) is 0.423. The molecule has 1 aromatic heterocycles. The van der Waals surface area contributed by atoms with Gasteiger partial charge >= 0.3 is 0 Å². The molecule has 100 valence electrons. The highest BCUT2D eigenvalue weighted by atomic mass is 16.6. The van der Waals surface area contributed by atoms with Crippen LogP contribution in [0, 0.1) is 10.1 Å². The highest BCUT2D eigenvalue weighted by molar-refractivity contribution is 5.60. The third kappa shape index (κ3) is 2.97. The van der Waals surface area contributed by atoms with Crippen molar-refractivity contribution in [3.05, 3.63) is 40.3 Å². The van der Waals surface area contributed by atoms with E-state index in [0.29, 0.717) is 17.5 Å². The molecule has 1 aromatic carbocycles. The molecule has 0 radical (unpaired) electrons. The lowest BCUT2D eigenvalue weighted by molar-refractivity contribution is -0.384. The summed E-state index contributed by atoms with van der Waals surface area (Å²) >= 11 is 0. The smallest absolute Gasteiger partial charge is 0.292 e. The summed E-state index contributed by atoms with van der Waals surface area (Å²) in [5, 5.41) is 17.5. The van der Waals surface area contributed by atoms with E-state index in [9.17, 15) is 10.1 Å². The van der Waals surface area contributed by atoms with Crippen LogP contribution in [0.1, 0.15) is 5.89 Å². The zero-order valence-electron chi connectivity index (χ0n) is 10.5. The fourth-order valence-corrected chi connectivity index (χ4v) is 1.45. The van der Waals surface area contributed by atoms with Gasteiger partial charge in [0.2, 0.25) is 5.89 Å². The van der Waals surface area contributed by atoms with Gasteiger partial charge in [-0.1, -0.05) is 12.1 Å². The molecule has 1 heterocycles. The normalized spacial score (nSPS) is 10.2. The van der Waals surface area contributed by atoms with Gasteiger partial charge in [-0.25, -0.2) is 0 Å². The number of aromatic nitrogens is 2. The first-order valence-corrected chi connectivity index (χ1v) is 5.55. The van der Waals surface area contributed by atoms with Gasteiger partial charge in [-0.2, -0.15) is 4.98 Å². The Morgan fingerprint density at radius 2 is 2.16 bits per heavy atom. The Labute approximate surface area is 109 Å². The average Bonchev–Trinajstić information content (AvgIpc) is 2.85. The molecule has 8 heteroatoms. The van der Waals surface area contributed by atoms with Crippen molar-refractivity contribution in [2.75, 3.05) is 24.3 Å². The van der Waals surface area contributed by atoms with E-state index in [1.165, 1.54) is 6.07 Å². The third-order valence-corrected chi connectivity index (χ3v) is 2.39. The first-order valence-electron chi connectivity index (χ1n) is 5.55. The fraction of sp³-hybridized carbons (Fsp3) is 0.273. The molecular weight excluding hydrogens is 250 g/mol. The summed E-state index contributed by atoms with van der Waals surface area (Å²) in [7, 11) is 3.59. The molecular formula is C11H13N5O3. The van der Waals surface area contributed by atoms with Crippen molar-refractivity contribution >= 4 is 17.3 Å². The standard InChI is InChI=1S/C11H13N5O3/c1-15(2)11-13-10(19-14-11)7-12-8-5-3-4-6-9(8)16(17)18/h3-6,12H,7H2,1-2H3. The Kier molecular flexibility index (Phi) is 3.60. The van der Waals surface area contributed by atoms with Gasteiger partial charge in [-0.15, -0.1) is 0 Å². The number of nitrogens with one attached hydrogen (secondary N) is 1.